The Bertz CT molecular complexity index is 1070. The van der Waals surface area contributed by atoms with Gasteiger partial charge in [-0.2, -0.15) is 4.98 Å². The summed E-state index contributed by atoms with van der Waals surface area (Å²) < 4.78 is 28.4. The molecule has 0 atom stereocenters. The standard InChI is InChI=1S/C19H20N4O3S/c1-2-13-3-5-14(6-4-13)19-21-18(26-22-19)12-23-10-9-15-11-16(27(20,24)25)7-8-17(15)23/h3-8,11H,2,9-10,12H2,1H3,(H2,20,24,25). The van der Waals surface area contributed by atoms with E-state index in [1.54, 1.807) is 12.1 Å². The average Bonchev–Trinajstić information content (AvgIpc) is 3.28. The summed E-state index contributed by atoms with van der Waals surface area (Å²) in [5.41, 5.74) is 4.10. The van der Waals surface area contributed by atoms with Crippen LogP contribution < -0.4 is 10.0 Å². The Labute approximate surface area is 157 Å². The smallest absolute Gasteiger partial charge is 0.246 e. The molecule has 27 heavy (non-hydrogen) atoms. The first-order valence-corrected chi connectivity index (χ1v) is 10.3. The van der Waals surface area contributed by atoms with Crippen molar-refractivity contribution in [3.8, 4) is 11.4 Å². The predicted molar refractivity (Wildman–Crippen MR) is 102 cm³/mol. The fourth-order valence-corrected chi connectivity index (χ4v) is 3.84. The van der Waals surface area contributed by atoms with Gasteiger partial charge in [-0.25, -0.2) is 13.6 Å². The summed E-state index contributed by atoms with van der Waals surface area (Å²) in [4.78, 5) is 6.73. The highest BCUT2D eigenvalue weighted by Gasteiger charge is 2.23. The third kappa shape index (κ3) is 3.58. The van der Waals surface area contributed by atoms with Crippen LogP contribution in [0.2, 0.25) is 0 Å². The van der Waals surface area contributed by atoms with Gasteiger partial charge in [0.25, 0.3) is 0 Å². The van der Waals surface area contributed by atoms with Crippen molar-refractivity contribution in [2.75, 3.05) is 11.4 Å². The zero-order valence-corrected chi connectivity index (χ0v) is 15.7. The van der Waals surface area contributed by atoms with E-state index in [2.05, 4.69) is 34.1 Å². The number of aromatic nitrogens is 2. The van der Waals surface area contributed by atoms with Crippen molar-refractivity contribution >= 4 is 15.7 Å². The topological polar surface area (TPSA) is 102 Å². The molecule has 1 aromatic heterocycles. The van der Waals surface area contributed by atoms with Crippen molar-refractivity contribution < 1.29 is 12.9 Å². The number of hydrogen-bond donors (Lipinski definition) is 1. The SMILES string of the molecule is CCc1ccc(-c2noc(CN3CCc4cc(S(N)(=O)=O)ccc43)n2)cc1. The lowest BCUT2D eigenvalue weighted by atomic mass is 10.1. The number of sulfonamides is 1. The van der Waals surface area contributed by atoms with Crippen LogP contribution in [0.4, 0.5) is 5.69 Å². The molecule has 140 valence electrons. The molecule has 0 amide bonds. The van der Waals surface area contributed by atoms with Crippen LogP contribution in [-0.2, 0) is 29.4 Å². The highest BCUT2D eigenvalue weighted by molar-refractivity contribution is 7.89. The van der Waals surface area contributed by atoms with E-state index in [0.717, 1.165) is 36.2 Å². The molecule has 2 N–H and O–H groups in total. The highest BCUT2D eigenvalue weighted by atomic mass is 32.2. The summed E-state index contributed by atoms with van der Waals surface area (Å²) >= 11 is 0. The molecule has 2 aromatic carbocycles. The van der Waals surface area contributed by atoms with Crippen LogP contribution in [-0.4, -0.2) is 25.1 Å². The Balaban J connectivity index is 1.52. The molecule has 8 heteroatoms. The Hall–Kier alpha value is -2.71. The zero-order valence-electron chi connectivity index (χ0n) is 14.9. The van der Waals surface area contributed by atoms with Crippen molar-refractivity contribution in [2.45, 2.75) is 31.2 Å². The van der Waals surface area contributed by atoms with Crippen LogP contribution in [0.3, 0.4) is 0 Å². The second-order valence-corrected chi connectivity index (χ2v) is 8.13. The molecule has 2 heterocycles. The Morgan fingerprint density at radius 1 is 1.19 bits per heavy atom. The molecule has 0 bridgehead atoms. The average molecular weight is 384 g/mol. The molecule has 4 rings (SSSR count). The third-order valence-corrected chi connectivity index (χ3v) is 5.70. The largest absolute Gasteiger partial charge is 0.362 e. The van der Waals surface area contributed by atoms with Gasteiger partial charge in [-0.1, -0.05) is 36.3 Å². The zero-order chi connectivity index (χ0) is 19.0. The summed E-state index contributed by atoms with van der Waals surface area (Å²) in [5, 5.41) is 9.29. The maximum absolute atomic E-state index is 11.5. The number of nitrogens with two attached hydrogens (primary N) is 1. The van der Waals surface area contributed by atoms with Gasteiger partial charge in [0, 0.05) is 17.8 Å². The van der Waals surface area contributed by atoms with Gasteiger partial charge in [-0.05, 0) is 42.2 Å². The van der Waals surface area contributed by atoms with E-state index in [0.29, 0.717) is 18.3 Å². The molecule has 0 unspecified atom stereocenters. The third-order valence-electron chi connectivity index (χ3n) is 4.79. The number of rotatable bonds is 5. The number of hydrogen-bond acceptors (Lipinski definition) is 6. The maximum atomic E-state index is 11.5. The first-order valence-electron chi connectivity index (χ1n) is 8.76. The van der Waals surface area contributed by atoms with E-state index in [9.17, 15) is 8.42 Å². The number of anilines is 1. The minimum Gasteiger partial charge on any atom is -0.362 e. The van der Waals surface area contributed by atoms with Crippen molar-refractivity contribution in [3.63, 3.8) is 0 Å². The van der Waals surface area contributed by atoms with Crippen molar-refractivity contribution in [1.82, 2.24) is 10.1 Å². The molecule has 0 saturated heterocycles. The van der Waals surface area contributed by atoms with Crippen LogP contribution in [0.25, 0.3) is 11.4 Å². The number of fused-ring (bicyclic) bond motifs is 1. The van der Waals surface area contributed by atoms with E-state index >= 15 is 0 Å². The van der Waals surface area contributed by atoms with Gasteiger partial charge >= 0.3 is 0 Å². The number of primary sulfonamides is 1. The lowest BCUT2D eigenvalue weighted by molar-refractivity contribution is 0.377. The number of nitrogens with zero attached hydrogens (tertiary/aromatic N) is 3. The second kappa shape index (κ2) is 6.79. The monoisotopic (exact) mass is 384 g/mol. The van der Waals surface area contributed by atoms with Gasteiger partial charge in [0.15, 0.2) is 0 Å². The van der Waals surface area contributed by atoms with Gasteiger partial charge in [-0.3, -0.25) is 0 Å². The van der Waals surface area contributed by atoms with Gasteiger partial charge < -0.3 is 9.42 Å². The molecule has 0 radical (unpaired) electrons. The lowest BCUT2D eigenvalue weighted by Crippen LogP contribution is -2.20. The maximum Gasteiger partial charge on any atom is 0.246 e. The molecular weight excluding hydrogens is 364 g/mol. The first kappa shape index (κ1) is 17.7. The van der Waals surface area contributed by atoms with Crippen molar-refractivity contribution in [3.05, 3.63) is 59.5 Å². The predicted octanol–water partition coefficient (Wildman–Crippen LogP) is 2.51. The van der Waals surface area contributed by atoms with Crippen molar-refractivity contribution in [1.29, 1.82) is 0 Å². The molecule has 0 saturated carbocycles. The summed E-state index contributed by atoms with van der Waals surface area (Å²) in [6.07, 6.45) is 1.73. The van der Waals surface area contributed by atoms with Crippen LogP contribution >= 0.6 is 0 Å². The van der Waals surface area contributed by atoms with E-state index < -0.39 is 10.0 Å². The molecule has 0 fully saturated rings. The summed E-state index contributed by atoms with van der Waals surface area (Å²) in [6.45, 7) is 3.34. The van der Waals surface area contributed by atoms with Gasteiger partial charge in [0.2, 0.25) is 21.7 Å². The first-order chi connectivity index (χ1) is 12.9. The minimum absolute atomic E-state index is 0.138. The van der Waals surface area contributed by atoms with Gasteiger partial charge in [-0.15, -0.1) is 0 Å². The summed E-state index contributed by atoms with van der Waals surface area (Å²) in [6, 6.07) is 13.1. The normalized spacial score (nSPS) is 13.8. The van der Waals surface area contributed by atoms with Crippen LogP contribution in [0.15, 0.2) is 51.9 Å². The van der Waals surface area contributed by atoms with Crippen molar-refractivity contribution in [2.24, 2.45) is 5.14 Å². The number of benzene rings is 2. The van der Waals surface area contributed by atoms with Gasteiger partial charge in [0.05, 0.1) is 11.4 Å². The number of aryl methyl sites for hydroxylation is 1. The van der Waals surface area contributed by atoms with E-state index in [1.807, 2.05) is 12.1 Å². The van der Waals surface area contributed by atoms with E-state index in [1.165, 1.54) is 11.6 Å². The Kier molecular flexibility index (Phi) is 4.45. The van der Waals surface area contributed by atoms with Crippen LogP contribution in [0.1, 0.15) is 23.9 Å². The lowest BCUT2D eigenvalue weighted by Gasteiger charge is -2.16. The van der Waals surface area contributed by atoms with E-state index in [4.69, 9.17) is 9.66 Å². The Morgan fingerprint density at radius 2 is 1.96 bits per heavy atom. The molecule has 0 aliphatic carbocycles. The van der Waals surface area contributed by atoms with E-state index in [-0.39, 0.29) is 4.90 Å². The highest BCUT2D eigenvalue weighted by Crippen LogP contribution is 2.31. The summed E-state index contributed by atoms with van der Waals surface area (Å²) in [5.74, 6) is 1.09. The summed E-state index contributed by atoms with van der Waals surface area (Å²) in [7, 11) is -3.69. The quantitative estimate of drug-likeness (QED) is 0.725. The second-order valence-electron chi connectivity index (χ2n) is 6.57. The molecule has 1 aliphatic heterocycles. The molecule has 0 spiro atoms. The molecule has 3 aromatic rings. The Morgan fingerprint density at radius 3 is 2.67 bits per heavy atom. The van der Waals surface area contributed by atoms with Gasteiger partial charge in [0.1, 0.15) is 0 Å². The molecular formula is C19H20N4O3S. The van der Waals surface area contributed by atoms with Crippen LogP contribution in [0, 0.1) is 0 Å². The minimum atomic E-state index is -3.69. The molecule has 1 aliphatic rings. The van der Waals surface area contributed by atoms with Crippen LogP contribution in [0.5, 0.6) is 0 Å². The fourth-order valence-electron chi connectivity index (χ4n) is 3.28. The molecule has 7 nitrogen and oxygen atoms in total. The fraction of sp³-hybridized carbons (Fsp3) is 0.263.